The lowest BCUT2D eigenvalue weighted by molar-refractivity contribution is -0.131. The number of esters is 1. The van der Waals surface area contributed by atoms with E-state index in [-0.39, 0.29) is 5.97 Å². The molecule has 0 atom stereocenters. The van der Waals surface area contributed by atoms with Crippen molar-refractivity contribution in [2.24, 2.45) is 0 Å². The van der Waals surface area contributed by atoms with Crippen LogP contribution in [0, 0.1) is 11.8 Å². The smallest absolute Gasteiger partial charge is 0.308 e. The zero-order valence-corrected chi connectivity index (χ0v) is 7.63. The summed E-state index contributed by atoms with van der Waals surface area (Å²) in [5.74, 6) is 5.92. The molecule has 1 aromatic rings. The quantitative estimate of drug-likeness (QED) is 0.369. The fraction of sp³-hybridized carbons (Fsp3) is 0.182. The molecule has 0 fully saturated rings. The first-order valence-corrected chi connectivity index (χ1v) is 3.93. The summed E-state index contributed by atoms with van der Waals surface area (Å²) in [6.07, 6.45) is 0. The number of benzene rings is 1. The van der Waals surface area contributed by atoms with E-state index < -0.39 is 0 Å². The highest BCUT2D eigenvalue weighted by Gasteiger charge is 1.96. The number of ether oxygens (including phenoxy) is 1. The lowest BCUT2D eigenvalue weighted by atomic mass is 10.2. The van der Waals surface area contributed by atoms with E-state index in [2.05, 4.69) is 11.8 Å². The minimum Gasteiger partial charge on any atom is -0.427 e. The summed E-state index contributed by atoms with van der Waals surface area (Å²) >= 11 is 0. The number of hydrogen-bond acceptors (Lipinski definition) is 2. The predicted molar refractivity (Wildman–Crippen MR) is 50.3 cm³/mol. The lowest BCUT2D eigenvalue weighted by Gasteiger charge is -1.99. The van der Waals surface area contributed by atoms with Gasteiger partial charge in [-0.05, 0) is 31.2 Å². The molecular formula is C11H10O2. The van der Waals surface area contributed by atoms with Gasteiger partial charge in [-0.1, -0.05) is 5.92 Å². The zero-order valence-electron chi connectivity index (χ0n) is 7.63. The molecule has 0 radical (unpaired) electrons. The third-order valence-electron chi connectivity index (χ3n) is 1.39. The Labute approximate surface area is 77.5 Å². The van der Waals surface area contributed by atoms with E-state index in [1.807, 2.05) is 12.1 Å². The largest absolute Gasteiger partial charge is 0.427 e. The SMILES string of the molecule is CC#Cc1ccc(OC(C)=O)cc1. The molecule has 13 heavy (non-hydrogen) atoms. The summed E-state index contributed by atoms with van der Waals surface area (Å²) in [6, 6.07) is 7.08. The van der Waals surface area contributed by atoms with Crippen LogP contribution in [-0.4, -0.2) is 5.97 Å². The Morgan fingerprint density at radius 1 is 1.31 bits per heavy atom. The van der Waals surface area contributed by atoms with Gasteiger partial charge in [-0.3, -0.25) is 4.79 Å². The Morgan fingerprint density at radius 2 is 1.92 bits per heavy atom. The topological polar surface area (TPSA) is 26.3 Å². The average molecular weight is 174 g/mol. The van der Waals surface area contributed by atoms with Crippen LogP contribution in [0.2, 0.25) is 0 Å². The molecule has 0 aliphatic rings. The Balaban J connectivity index is 2.79. The monoisotopic (exact) mass is 174 g/mol. The van der Waals surface area contributed by atoms with E-state index in [1.165, 1.54) is 6.92 Å². The first kappa shape index (κ1) is 9.34. The summed E-state index contributed by atoms with van der Waals surface area (Å²) in [6.45, 7) is 3.15. The predicted octanol–water partition coefficient (Wildman–Crippen LogP) is 1.98. The second-order valence-corrected chi connectivity index (χ2v) is 2.49. The van der Waals surface area contributed by atoms with Gasteiger partial charge in [0.25, 0.3) is 0 Å². The lowest BCUT2D eigenvalue weighted by Crippen LogP contribution is -2.00. The van der Waals surface area contributed by atoms with E-state index in [1.54, 1.807) is 19.1 Å². The molecule has 2 nitrogen and oxygen atoms in total. The van der Waals surface area contributed by atoms with Gasteiger partial charge in [0.05, 0.1) is 0 Å². The molecule has 0 saturated heterocycles. The number of carbonyl (C=O) groups excluding carboxylic acids is 1. The van der Waals surface area contributed by atoms with Crippen LogP contribution in [0.15, 0.2) is 24.3 Å². The average Bonchev–Trinajstić information content (AvgIpc) is 2.08. The van der Waals surface area contributed by atoms with Crippen LogP contribution in [0.25, 0.3) is 0 Å². The maximum absolute atomic E-state index is 10.6. The molecule has 0 amide bonds. The third-order valence-corrected chi connectivity index (χ3v) is 1.39. The van der Waals surface area contributed by atoms with Gasteiger partial charge in [0.2, 0.25) is 0 Å². The van der Waals surface area contributed by atoms with Crippen LogP contribution >= 0.6 is 0 Å². The highest BCUT2D eigenvalue weighted by atomic mass is 16.5. The van der Waals surface area contributed by atoms with Crippen molar-refractivity contribution in [1.29, 1.82) is 0 Å². The standard InChI is InChI=1S/C11H10O2/c1-3-4-10-5-7-11(8-6-10)13-9(2)12/h5-8H,1-2H3. The van der Waals surface area contributed by atoms with Crippen LogP contribution in [0.5, 0.6) is 5.75 Å². The molecule has 0 aliphatic heterocycles. The van der Waals surface area contributed by atoms with Crippen molar-refractivity contribution in [3.8, 4) is 17.6 Å². The number of carbonyl (C=O) groups is 1. The molecule has 66 valence electrons. The van der Waals surface area contributed by atoms with Crippen LogP contribution in [-0.2, 0) is 4.79 Å². The maximum Gasteiger partial charge on any atom is 0.308 e. The van der Waals surface area contributed by atoms with Crippen LogP contribution < -0.4 is 4.74 Å². The minimum absolute atomic E-state index is 0.311. The van der Waals surface area contributed by atoms with E-state index in [4.69, 9.17) is 4.74 Å². The Bertz CT molecular complexity index is 352. The van der Waals surface area contributed by atoms with Crippen LogP contribution in [0.1, 0.15) is 19.4 Å². The highest BCUT2D eigenvalue weighted by Crippen LogP contribution is 2.11. The molecule has 0 saturated carbocycles. The summed E-state index contributed by atoms with van der Waals surface area (Å²) in [5, 5.41) is 0. The van der Waals surface area contributed by atoms with Crippen molar-refractivity contribution in [1.82, 2.24) is 0 Å². The Morgan fingerprint density at radius 3 is 2.38 bits per heavy atom. The zero-order chi connectivity index (χ0) is 9.68. The van der Waals surface area contributed by atoms with Crippen molar-refractivity contribution in [2.45, 2.75) is 13.8 Å². The van der Waals surface area contributed by atoms with Gasteiger partial charge in [0, 0.05) is 12.5 Å². The number of hydrogen-bond donors (Lipinski definition) is 0. The van der Waals surface area contributed by atoms with Crippen LogP contribution in [0.3, 0.4) is 0 Å². The Kier molecular flexibility index (Phi) is 3.10. The first-order chi connectivity index (χ1) is 6.22. The summed E-state index contributed by atoms with van der Waals surface area (Å²) in [4.78, 5) is 10.6. The molecular weight excluding hydrogens is 164 g/mol. The maximum atomic E-state index is 10.6. The number of rotatable bonds is 1. The highest BCUT2D eigenvalue weighted by molar-refractivity contribution is 5.69. The summed E-state index contributed by atoms with van der Waals surface area (Å²) < 4.78 is 4.86. The van der Waals surface area contributed by atoms with Crippen LogP contribution in [0.4, 0.5) is 0 Å². The second-order valence-electron chi connectivity index (χ2n) is 2.49. The van der Waals surface area contributed by atoms with E-state index in [0.29, 0.717) is 5.75 Å². The van der Waals surface area contributed by atoms with E-state index >= 15 is 0 Å². The molecule has 0 bridgehead atoms. The Hall–Kier alpha value is -1.75. The molecule has 0 heterocycles. The molecule has 2 heteroatoms. The normalized spacial score (nSPS) is 8.46. The van der Waals surface area contributed by atoms with Gasteiger partial charge in [0.15, 0.2) is 0 Å². The van der Waals surface area contributed by atoms with Gasteiger partial charge in [-0.15, -0.1) is 5.92 Å². The van der Waals surface area contributed by atoms with Crippen molar-refractivity contribution < 1.29 is 9.53 Å². The molecule has 0 aliphatic carbocycles. The van der Waals surface area contributed by atoms with Crippen molar-refractivity contribution >= 4 is 5.97 Å². The minimum atomic E-state index is -0.311. The molecule has 0 N–H and O–H groups in total. The molecule has 1 aromatic carbocycles. The van der Waals surface area contributed by atoms with Crippen molar-refractivity contribution in [2.75, 3.05) is 0 Å². The van der Waals surface area contributed by atoms with Gasteiger partial charge in [0.1, 0.15) is 5.75 Å². The molecule has 0 unspecified atom stereocenters. The second kappa shape index (κ2) is 4.32. The van der Waals surface area contributed by atoms with Crippen molar-refractivity contribution in [3.63, 3.8) is 0 Å². The molecule has 1 rings (SSSR count). The van der Waals surface area contributed by atoms with Gasteiger partial charge in [-0.25, -0.2) is 0 Å². The first-order valence-electron chi connectivity index (χ1n) is 3.93. The molecule has 0 spiro atoms. The van der Waals surface area contributed by atoms with E-state index in [0.717, 1.165) is 5.56 Å². The van der Waals surface area contributed by atoms with Gasteiger partial charge >= 0.3 is 5.97 Å². The molecule has 0 aromatic heterocycles. The fourth-order valence-corrected chi connectivity index (χ4v) is 0.917. The van der Waals surface area contributed by atoms with E-state index in [9.17, 15) is 4.79 Å². The van der Waals surface area contributed by atoms with Gasteiger partial charge in [-0.2, -0.15) is 0 Å². The fourth-order valence-electron chi connectivity index (χ4n) is 0.917. The summed E-state index contributed by atoms with van der Waals surface area (Å²) in [5.41, 5.74) is 0.915. The van der Waals surface area contributed by atoms with Crippen molar-refractivity contribution in [3.05, 3.63) is 29.8 Å². The third kappa shape index (κ3) is 3.00. The van der Waals surface area contributed by atoms with Gasteiger partial charge < -0.3 is 4.74 Å². The summed E-state index contributed by atoms with van der Waals surface area (Å²) in [7, 11) is 0.